The van der Waals surface area contributed by atoms with Gasteiger partial charge in [0.25, 0.3) is 0 Å². The number of hydrogen-bond donors (Lipinski definition) is 2. The van der Waals surface area contributed by atoms with E-state index >= 15 is 0 Å². The van der Waals surface area contributed by atoms with E-state index in [0.29, 0.717) is 12.5 Å². The van der Waals surface area contributed by atoms with Gasteiger partial charge in [0.05, 0.1) is 0 Å². The zero-order chi connectivity index (χ0) is 13.3. The number of carbonyl (C=O) groups excluding carboxylic acids is 1. The highest BCUT2D eigenvalue weighted by atomic mass is 16.6. The third-order valence-corrected chi connectivity index (χ3v) is 3.30. The lowest BCUT2D eigenvalue weighted by Gasteiger charge is -2.31. The van der Waals surface area contributed by atoms with Gasteiger partial charge in [-0.1, -0.05) is 13.8 Å². The molecule has 4 heteroatoms. The van der Waals surface area contributed by atoms with Crippen LogP contribution in [0.25, 0.3) is 0 Å². The molecule has 1 fully saturated rings. The molecule has 0 aromatic rings. The highest BCUT2D eigenvalue weighted by molar-refractivity contribution is 5.68. The second-order valence-electron chi connectivity index (χ2n) is 6.43. The number of carbonyl (C=O) groups is 1. The average Bonchev–Trinajstić information content (AvgIpc) is 2.91. The molecule has 1 amide bonds. The molecule has 1 aliphatic rings. The predicted molar refractivity (Wildman–Crippen MR) is 68.7 cm³/mol. The Hall–Kier alpha value is -0.770. The molecule has 0 aromatic carbocycles. The Morgan fingerprint density at radius 1 is 1.41 bits per heavy atom. The van der Waals surface area contributed by atoms with Gasteiger partial charge in [-0.3, -0.25) is 0 Å². The van der Waals surface area contributed by atoms with Gasteiger partial charge >= 0.3 is 6.09 Å². The molecular formula is C13H26N2O2. The summed E-state index contributed by atoms with van der Waals surface area (Å²) in [6, 6.07) is 0.113. The molecule has 3 N–H and O–H groups in total. The van der Waals surface area contributed by atoms with E-state index in [1.54, 1.807) is 0 Å². The lowest BCUT2D eigenvalue weighted by atomic mass is 9.87. The van der Waals surface area contributed by atoms with Gasteiger partial charge in [-0.05, 0) is 46.1 Å². The third-order valence-electron chi connectivity index (χ3n) is 3.30. The van der Waals surface area contributed by atoms with Crippen molar-refractivity contribution in [1.82, 2.24) is 5.32 Å². The van der Waals surface area contributed by atoms with Crippen LogP contribution in [0.3, 0.4) is 0 Å². The largest absolute Gasteiger partial charge is 0.444 e. The maximum atomic E-state index is 11.8. The van der Waals surface area contributed by atoms with E-state index in [4.69, 9.17) is 10.5 Å². The number of rotatable bonds is 4. The Balaban J connectivity index is 2.60. The molecular weight excluding hydrogens is 216 g/mol. The maximum Gasteiger partial charge on any atom is 0.407 e. The fraction of sp³-hybridized carbons (Fsp3) is 0.923. The molecule has 17 heavy (non-hydrogen) atoms. The zero-order valence-electron chi connectivity index (χ0n) is 11.7. The van der Waals surface area contributed by atoms with E-state index in [0.717, 1.165) is 12.8 Å². The van der Waals surface area contributed by atoms with Crippen molar-refractivity contribution in [1.29, 1.82) is 0 Å². The van der Waals surface area contributed by atoms with E-state index in [2.05, 4.69) is 19.2 Å². The first-order chi connectivity index (χ1) is 7.70. The molecule has 0 aromatic heterocycles. The van der Waals surface area contributed by atoms with Crippen molar-refractivity contribution in [3.05, 3.63) is 0 Å². The number of nitrogens with one attached hydrogen (secondary N) is 1. The second kappa shape index (κ2) is 4.84. The Morgan fingerprint density at radius 2 is 1.94 bits per heavy atom. The van der Waals surface area contributed by atoms with Crippen LogP contribution in [0.2, 0.25) is 0 Å². The first-order valence-corrected chi connectivity index (χ1v) is 6.40. The number of nitrogens with two attached hydrogens (primary N) is 1. The number of alkyl carbamates (subject to hydrolysis) is 1. The first-order valence-electron chi connectivity index (χ1n) is 6.40. The van der Waals surface area contributed by atoms with Crippen molar-refractivity contribution in [2.24, 2.45) is 17.1 Å². The third kappa shape index (κ3) is 3.87. The average molecular weight is 242 g/mol. The van der Waals surface area contributed by atoms with E-state index < -0.39 is 5.60 Å². The van der Waals surface area contributed by atoms with Crippen molar-refractivity contribution >= 4 is 6.09 Å². The lowest BCUT2D eigenvalue weighted by Crippen LogP contribution is -2.49. The molecule has 0 heterocycles. The predicted octanol–water partition coefficient (Wildman–Crippen LogP) is 2.27. The normalized spacial score (nSPS) is 19.9. The summed E-state index contributed by atoms with van der Waals surface area (Å²) in [5.41, 5.74) is 5.47. The molecule has 0 radical (unpaired) electrons. The van der Waals surface area contributed by atoms with Crippen molar-refractivity contribution in [3.63, 3.8) is 0 Å². The Bertz CT molecular complexity index is 278. The maximum absolute atomic E-state index is 11.8. The summed E-state index contributed by atoms with van der Waals surface area (Å²) in [4.78, 5) is 11.8. The summed E-state index contributed by atoms with van der Waals surface area (Å²) in [5.74, 6) is 0.369. The molecule has 100 valence electrons. The van der Waals surface area contributed by atoms with Crippen molar-refractivity contribution in [2.75, 3.05) is 6.54 Å². The van der Waals surface area contributed by atoms with Crippen LogP contribution in [0.4, 0.5) is 4.79 Å². The Morgan fingerprint density at radius 3 is 2.24 bits per heavy atom. The molecule has 0 spiro atoms. The van der Waals surface area contributed by atoms with Gasteiger partial charge in [-0.15, -0.1) is 0 Å². The van der Waals surface area contributed by atoms with Gasteiger partial charge < -0.3 is 15.8 Å². The summed E-state index contributed by atoms with van der Waals surface area (Å²) < 4.78 is 5.29. The van der Waals surface area contributed by atoms with Crippen LogP contribution >= 0.6 is 0 Å². The fourth-order valence-electron chi connectivity index (χ4n) is 2.26. The van der Waals surface area contributed by atoms with E-state index in [1.165, 1.54) is 0 Å². The summed E-state index contributed by atoms with van der Waals surface area (Å²) >= 11 is 0. The quantitative estimate of drug-likeness (QED) is 0.795. The van der Waals surface area contributed by atoms with Crippen LogP contribution in [0.5, 0.6) is 0 Å². The minimum Gasteiger partial charge on any atom is -0.444 e. The SMILES string of the molecule is CC(C)C(NC(=O)OC(C)(C)C)C1(CN)CC1. The number of amides is 1. The molecule has 0 saturated heterocycles. The van der Waals surface area contributed by atoms with Crippen molar-refractivity contribution < 1.29 is 9.53 Å². The second-order valence-corrected chi connectivity index (χ2v) is 6.43. The molecule has 1 saturated carbocycles. The monoisotopic (exact) mass is 242 g/mol. The van der Waals surface area contributed by atoms with Crippen molar-refractivity contribution in [3.8, 4) is 0 Å². The summed E-state index contributed by atoms with van der Waals surface area (Å²) in [6.07, 6.45) is 1.86. The van der Waals surface area contributed by atoms with Gasteiger partial charge in [0.1, 0.15) is 5.60 Å². The van der Waals surface area contributed by atoms with E-state index in [1.807, 2.05) is 20.8 Å². The van der Waals surface area contributed by atoms with Crippen LogP contribution < -0.4 is 11.1 Å². The molecule has 1 atom stereocenters. The fourth-order valence-corrected chi connectivity index (χ4v) is 2.26. The lowest BCUT2D eigenvalue weighted by molar-refractivity contribution is 0.0458. The Labute approximate surface area is 104 Å². The molecule has 1 rings (SSSR count). The zero-order valence-corrected chi connectivity index (χ0v) is 11.7. The molecule has 0 aliphatic heterocycles. The van der Waals surface area contributed by atoms with Crippen LogP contribution in [0.1, 0.15) is 47.5 Å². The highest BCUT2D eigenvalue weighted by Gasteiger charge is 2.50. The first kappa shape index (κ1) is 14.3. The standard InChI is InChI=1S/C13H26N2O2/c1-9(2)10(13(8-14)6-7-13)15-11(16)17-12(3,4)5/h9-10H,6-8,14H2,1-5H3,(H,15,16). The summed E-state index contributed by atoms with van der Waals surface area (Å²) in [7, 11) is 0. The van der Waals surface area contributed by atoms with Gasteiger partial charge in [0.2, 0.25) is 0 Å². The van der Waals surface area contributed by atoms with Gasteiger partial charge in [0, 0.05) is 11.5 Å². The topological polar surface area (TPSA) is 64.3 Å². The molecule has 1 aliphatic carbocycles. The van der Waals surface area contributed by atoms with Crippen LogP contribution in [-0.4, -0.2) is 24.3 Å². The number of ether oxygens (including phenoxy) is 1. The minimum absolute atomic E-state index is 0.102. The minimum atomic E-state index is -0.453. The molecule has 1 unspecified atom stereocenters. The van der Waals surface area contributed by atoms with Gasteiger partial charge in [0.15, 0.2) is 0 Å². The Kier molecular flexibility index (Phi) is 4.07. The number of hydrogen-bond acceptors (Lipinski definition) is 3. The van der Waals surface area contributed by atoms with Crippen LogP contribution in [-0.2, 0) is 4.74 Å². The van der Waals surface area contributed by atoms with Crippen LogP contribution in [0, 0.1) is 11.3 Å². The van der Waals surface area contributed by atoms with E-state index in [9.17, 15) is 4.79 Å². The molecule has 0 bridgehead atoms. The summed E-state index contributed by atoms with van der Waals surface area (Å²) in [5, 5.41) is 2.99. The molecule has 4 nitrogen and oxygen atoms in total. The summed E-state index contributed by atoms with van der Waals surface area (Å²) in [6.45, 7) is 10.5. The van der Waals surface area contributed by atoms with E-state index in [-0.39, 0.29) is 17.6 Å². The van der Waals surface area contributed by atoms with Crippen molar-refractivity contribution in [2.45, 2.75) is 59.1 Å². The van der Waals surface area contributed by atoms with Crippen LogP contribution in [0.15, 0.2) is 0 Å². The smallest absolute Gasteiger partial charge is 0.407 e. The highest BCUT2D eigenvalue weighted by Crippen LogP contribution is 2.49. The van der Waals surface area contributed by atoms with Gasteiger partial charge in [-0.25, -0.2) is 4.79 Å². The van der Waals surface area contributed by atoms with Gasteiger partial charge in [-0.2, -0.15) is 0 Å².